The second-order valence-electron chi connectivity index (χ2n) is 8.31. The fourth-order valence-electron chi connectivity index (χ4n) is 4.72. The Morgan fingerprint density at radius 2 is 1.76 bits per heavy atom. The van der Waals surface area contributed by atoms with Gasteiger partial charge in [-0.15, -0.1) is 0 Å². The number of carbonyl (C=O) groups excluding carboxylic acids is 2. The highest BCUT2D eigenvalue weighted by Gasteiger charge is 2.31. The zero-order valence-corrected chi connectivity index (χ0v) is 16.9. The molecule has 29 heavy (non-hydrogen) atoms. The highest BCUT2D eigenvalue weighted by Crippen LogP contribution is 2.26. The summed E-state index contributed by atoms with van der Waals surface area (Å²) < 4.78 is 1.47. The fraction of sp³-hybridized carbons (Fsp3) is 0.545. The SMILES string of the molecule is Cc1nc2cccc([B]C3CCCCCCC3)c2c(=O)n1[C@@H]1CCC(=O)NC1=O. The number of nitrogens with zero attached hydrogens (tertiary/aromatic N) is 2. The average molecular weight is 392 g/mol. The molecule has 1 aromatic carbocycles. The van der Waals surface area contributed by atoms with Gasteiger partial charge in [-0.1, -0.05) is 68.4 Å². The minimum Gasteiger partial charge on any atom is -0.295 e. The minimum atomic E-state index is -0.688. The van der Waals surface area contributed by atoms with Gasteiger partial charge in [-0.3, -0.25) is 24.3 Å². The van der Waals surface area contributed by atoms with E-state index in [1.54, 1.807) is 6.92 Å². The van der Waals surface area contributed by atoms with E-state index in [1.165, 1.54) is 36.7 Å². The van der Waals surface area contributed by atoms with Crippen LogP contribution >= 0.6 is 0 Å². The van der Waals surface area contributed by atoms with Crippen molar-refractivity contribution in [2.45, 2.75) is 76.6 Å². The van der Waals surface area contributed by atoms with Crippen LogP contribution in [0.15, 0.2) is 23.0 Å². The summed E-state index contributed by atoms with van der Waals surface area (Å²) in [6.45, 7) is 1.75. The molecule has 2 aliphatic rings. The molecule has 0 spiro atoms. The lowest BCUT2D eigenvalue weighted by molar-refractivity contribution is -0.135. The summed E-state index contributed by atoms with van der Waals surface area (Å²) in [7, 11) is 2.24. The van der Waals surface area contributed by atoms with Gasteiger partial charge in [-0.25, -0.2) is 4.98 Å². The van der Waals surface area contributed by atoms with Crippen molar-refractivity contribution >= 4 is 35.5 Å². The number of hydrogen-bond donors (Lipinski definition) is 1. The summed E-state index contributed by atoms with van der Waals surface area (Å²) in [6.07, 6.45) is 9.19. The topological polar surface area (TPSA) is 81.1 Å². The Morgan fingerprint density at radius 3 is 2.48 bits per heavy atom. The summed E-state index contributed by atoms with van der Waals surface area (Å²) in [5.74, 6) is 0.254. The van der Waals surface area contributed by atoms with Crippen LogP contribution in [-0.4, -0.2) is 28.6 Å². The molecule has 0 unspecified atom stereocenters. The van der Waals surface area contributed by atoms with Crippen LogP contribution in [0, 0.1) is 6.92 Å². The zero-order valence-electron chi connectivity index (χ0n) is 16.9. The maximum Gasteiger partial charge on any atom is 0.261 e. The largest absolute Gasteiger partial charge is 0.295 e. The Kier molecular flexibility index (Phi) is 5.83. The van der Waals surface area contributed by atoms with Crippen LogP contribution in [0.4, 0.5) is 0 Å². The molecule has 1 atom stereocenters. The number of imide groups is 1. The molecule has 2 fully saturated rings. The molecule has 1 saturated carbocycles. The molecular weight excluding hydrogens is 365 g/mol. The molecule has 2 aromatic rings. The standard InChI is InChI=1S/C22H27BN3O3/c1-14-24-17-11-7-10-16(23-15-8-5-3-2-4-6-9-15)20(17)22(29)26(14)18-12-13-19(27)25-21(18)28/h7,10-11,15,18H,2-6,8-9,12-13H2,1H3,(H,25,27,28)/t18-/m1/s1. The van der Waals surface area contributed by atoms with E-state index in [4.69, 9.17) is 0 Å². The van der Waals surface area contributed by atoms with Gasteiger partial charge in [-0.2, -0.15) is 0 Å². The summed E-state index contributed by atoms with van der Waals surface area (Å²) >= 11 is 0. The second-order valence-corrected chi connectivity index (χ2v) is 8.31. The van der Waals surface area contributed by atoms with Gasteiger partial charge in [0.25, 0.3) is 5.56 Å². The molecule has 0 bridgehead atoms. The average Bonchev–Trinajstić information content (AvgIpc) is 2.65. The van der Waals surface area contributed by atoms with Crippen LogP contribution in [-0.2, 0) is 9.59 Å². The molecule has 1 aromatic heterocycles. The number of carbonyl (C=O) groups is 2. The number of hydrogen-bond acceptors (Lipinski definition) is 4. The molecular formula is C22H27BN3O3. The molecule has 4 rings (SSSR count). The van der Waals surface area contributed by atoms with Crippen LogP contribution in [0.2, 0.25) is 5.82 Å². The van der Waals surface area contributed by atoms with Gasteiger partial charge in [0.1, 0.15) is 11.9 Å². The van der Waals surface area contributed by atoms with Crippen molar-refractivity contribution in [1.82, 2.24) is 14.9 Å². The summed E-state index contributed by atoms with van der Waals surface area (Å²) in [6, 6.07) is 5.09. The third-order valence-electron chi connectivity index (χ3n) is 6.23. The molecule has 1 aliphatic carbocycles. The first-order chi connectivity index (χ1) is 14.0. The third-order valence-corrected chi connectivity index (χ3v) is 6.23. The molecule has 1 N–H and O–H groups in total. The molecule has 2 heterocycles. The van der Waals surface area contributed by atoms with Gasteiger partial charge in [0.05, 0.1) is 10.9 Å². The van der Waals surface area contributed by atoms with Gasteiger partial charge in [0, 0.05) is 6.42 Å². The lowest BCUT2D eigenvalue weighted by Crippen LogP contribution is -2.45. The van der Waals surface area contributed by atoms with Crippen molar-refractivity contribution in [2.75, 3.05) is 0 Å². The Morgan fingerprint density at radius 1 is 1.03 bits per heavy atom. The van der Waals surface area contributed by atoms with Crippen LogP contribution < -0.4 is 16.3 Å². The maximum absolute atomic E-state index is 13.5. The maximum atomic E-state index is 13.5. The molecule has 1 saturated heterocycles. The molecule has 6 nitrogen and oxygen atoms in total. The number of amides is 2. The number of nitrogens with one attached hydrogen (secondary N) is 1. The number of aromatic nitrogens is 2. The highest BCUT2D eigenvalue weighted by molar-refractivity contribution is 6.58. The van der Waals surface area contributed by atoms with Gasteiger partial charge < -0.3 is 0 Å². The molecule has 2 amide bonds. The van der Waals surface area contributed by atoms with Gasteiger partial charge in [-0.05, 0) is 19.4 Å². The van der Waals surface area contributed by atoms with E-state index in [9.17, 15) is 14.4 Å². The first-order valence-electron chi connectivity index (χ1n) is 10.7. The molecule has 151 valence electrons. The lowest BCUT2D eigenvalue weighted by atomic mass is 9.55. The van der Waals surface area contributed by atoms with Crippen LogP contribution in [0.3, 0.4) is 0 Å². The van der Waals surface area contributed by atoms with E-state index in [1.807, 2.05) is 18.2 Å². The first kappa shape index (κ1) is 19.9. The number of fused-ring (bicyclic) bond motifs is 1. The summed E-state index contributed by atoms with van der Waals surface area (Å²) in [4.78, 5) is 42.0. The zero-order chi connectivity index (χ0) is 20.4. The normalized spacial score (nSPS) is 21.5. The van der Waals surface area contributed by atoms with Crippen molar-refractivity contribution in [3.05, 3.63) is 34.4 Å². The minimum absolute atomic E-state index is 0.195. The van der Waals surface area contributed by atoms with E-state index in [-0.39, 0.29) is 17.9 Å². The predicted molar refractivity (Wildman–Crippen MR) is 114 cm³/mol. The second kappa shape index (κ2) is 8.51. The number of piperidine rings is 1. The number of benzene rings is 1. The lowest BCUT2D eigenvalue weighted by Gasteiger charge is -2.25. The van der Waals surface area contributed by atoms with E-state index >= 15 is 0 Å². The van der Waals surface area contributed by atoms with Crippen molar-refractivity contribution in [1.29, 1.82) is 0 Å². The molecule has 1 radical (unpaired) electrons. The highest BCUT2D eigenvalue weighted by atomic mass is 16.2. The Bertz CT molecular complexity index is 993. The fourth-order valence-corrected chi connectivity index (χ4v) is 4.72. The monoisotopic (exact) mass is 392 g/mol. The van der Waals surface area contributed by atoms with Crippen molar-refractivity contribution in [2.24, 2.45) is 0 Å². The van der Waals surface area contributed by atoms with E-state index in [2.05, 4.69) is 17.6 Å². The summed E-state index contributed by atoms with van der Waals surface area (Å²) in [5.41, 5.74) is 1.38. The first-order valence-corrected chi connectivity index (χ1v) is 10.7. The molecule has 1 aliphatic heterocycles. The Balaban J connectivity index is 1.74. The van der Waals surface area contributed by atoms with Crippen molar-refractivity contribution in [3.63, 3.8) is 0 Å². The summed E-state index contributed by atoms with van der Waals surface area (Å²) in [5, 5.41) is 2.92. The quantitative estimate of drug-likeness (QED) is 0.643. The third kappa shape index (κ3) is 4.14. The van der Waals surface area contributed by atoms with Crippen LogP contribution in [0.5, 0.6) is 0 Å². The van der Waals surface area contributed by atoms with Gasteiger partial charge in [0.2, 0.25) is 11.8 Å². The number of rotatable bonds is 3. The Hall–Kier alpha value is -2.44. The Labute approximate surface area is 171 Å². The van der Waals surface area contributed by atoms with E-state index in [0.29, 0.717) is 29.0 Å². The van der Waals surface area contributed by atoms with Crippen LogP contribution in [0.1, 0.15) is 69.7 Å². The smallest absolute Gasteiger partial charge is 0.261 e. The van der Waals surface area contributed by atoms with Gasteiger partial charge in [0.15, 0.2) is 7.28 Å². The number of aryl methyl sites for hydroxylation is 1. The van der Waals surface area contributed by atoms with Crippen molar-refractivity contribution in [3.8, 4) is 0 Å². The van der Waals surface area contributed by atoms with Gasteiger partial charge >= 0.3 is 0 Å². The van der Waals surface area contributed by atoms with Crippen molar-refractivity contribution < 1.29 is 9.59 Å². The van der Waals surface area contributed by atoms with E-state index < -0.39 is 11.9 Å². The van der Waals surface area contributed by atoms with Crippen LogP contribution in [0.25, 0.3) is 10.9 Å². The molecule has 7 heteroatoms. The van der Waals surface area contributed by atoms with E-state index in [0.717, 1.165) is 18.3 Å². The predicted octanol–water partition coefficient (Wildman–Crippen LogP) is 2.54.